The summed E-state index contributed by atoms with van der Waals surface area (Å²) in [6, 6.07) is 5.64. The van der Waals surface area contributed by atoms with Gasteiger partial charge in [-0.1, -0.05) is 38.4 Å². The van der Waals surface area contributed by atoms with Crippen LogP contribution < -0.4 is 5.43 Å². The van der Waals surface area contributed by atoms with Gasteiger partial charge in [0.05, 0.1) is 17.5 Å². The van der Waals surface area contributed by atoms with Gasteiger partial charge in [0, 0.05) is 40.4 Å². The molecule has 0 aliphatic rings. The summed E-state index contributed by atoms with van der Waals surface area (Å²) in [5.41, 5.74) is 5.56. The van der Waals surface area contributed by atoms with E-state index in [0.29, 0.717) is 16.3 Å². The number of H-pyrrole nitrogens is 1. The molecule has 5 heteroatoms. The van der Waals surface area contributed by atoms with Crippen molar-refractivity contribution < 1.29 is 0 Å². The Bertz CT molecular complexity index is 1020. The van der Waals surface area contributed by atoms with Crippen LogP contribution in [0.4, 0.5) is 0 Å². The maximum atomic E-state index is 12.7. The minimum atomic E-state index is -0.0906. The summed E-state index contributed by atoms with van der Waals surface area (Å²) in [6.45, 7) is 10.3. The summed E-state index contributed by atoms with van der Waals surface area (Å²) in [6.07, 6.45) is 4.76. The van der Waals surface area contributed by atoms with Crippen LogP contribution in [0.5, 0.6) is 0 Å². The predicted octanol–water partition coefficient (Wildman–Crippen LogP) is 5.07. The lowest BCUT2D eigenvalue weighted by molar-refractivity contribution is 0.590. The Morgan fingerprint density at radius 1 is 1.08 bits per heavy atom. The van der Waals surface area contributed by atoms with Crippen LogP contribution in [0, 0.1) is 13.8 Å². The molecule has 3 rings (SSSR count). The third kappa shape index (κ3) is 3.42. The molecule has 0 radical (unpaired) electrons. The van der Waals surface area contributed by atoms with E-state index in [9.17, 15) is 4.79 Å². The van der Waals surface area contributed by atoms with Crippen molar-refractivity contribution in [1.29, 1.82) is 0 Å². The molecule has 0 atom stereocenters. The molecule has 0 aliphatic heterocycles. The second-order valence-electron chi connectivity index (χ2n) is 7.53. The van der Waals surface area contributed by atoms with E-state index in [1.54, 1.807) is 24.7 Å². The van der Waals surface area contributed by atoms with E-state index in [2.05, 4.69) is 41.8 Å². The fourth-order valence-electron chi connectivity index (χ4n) is 3.13. The van der Waals surface area contributed by atoms with Gasteiger partial charge in [-0.05, 0) is 36.5 Å². The average molecular weight is 368 g/mol. The van der Waals surface area contributed by atoms with E-state index in [-0.39, 0.29) is 10.8 Å². The number of hydrogen-bond acceptors (Lipinski definition) is 3. The molecule has 0 aliphatic carbocycles. The first kappa shape index (κ1) is 18.3. The lowest BCUT2D eigenvalue weighted by Crippen LogP contribution is -2.13. The Kier molecular flexibility index (Phi) is 4.72. The van der Waals surface area contributed by atoms with Crippen LogP contribution in [0.15, 0.2) is 41.6 Å². The van der Waals surface area contributed by atoms with Crippen molar-refractivity contribution in [3.8, 4) is 22.5 Å². The first-order chi connectivity index (χ1) is 12.2. The molecule has 3 aromatic rings. The SMILES string of the molecule is Cc1cc(C(C)(C)C)c(Cl)cc1-c1cc(=O)c(-c2cnccn2)c(C)[nH]1. The summed E-state index contributed by atoms with van der Waals surface area (Å²) in [4.78, 5) is 24.4. The Balaban J connectivity index is 2.15. The molecule has 0 fully saturated rings. The highest BCUT2D eigenvalue weighted by atomic mass is 35.5. The summed E-state index contributed by atoms with van der Waals surface area (Å²) in [7, 11) is 0. The number of aromatic nitrogens is 3. The number of hydrogen-bond donors (Lipinski definition) is 1. The molecule has 2 aromatic heterocycles. The lowest BCUT2D eigenvalue weighted by atomic mass is 9.85. The first-order valence-corrected chi connectivity index (χ1v) is 8.87. The predicted molar refractivity (Wildman–Crippen MR) is 107 cm³/mol. The Hall–Kier alpha value is -2.46. The second-order valence-corrected chi connectivity index (χ2v) is 7.94. The van der Waals surface area contributed by atoms with Gasteiger partial charge in [-0.3, -0.25) is 14.8 Å². The Morgan fingerprint density at radius 2 is 1.81 bits per heavy atom. The molecular weight excluding hydrogens is 346 g/mol. The fourth-order valence-corrected chi connectivity index (χ4v) is 3.57. The van der Waals surface area contributed by atoms with Crippen LogP contribution in [0.1, 0.15) is 37.6 Å². The number of halogens is 1. The van der Waals surface area contributed by atoms with Crippen molar-refractivity contribution in [2.45, 2.75) is 40.0 Å². The van der Waals surface area contributed by atoms with Crippen LogP contribution in [0.3, 0.4) is 0 Å². The lowest BCUT2D eigenvalue weighted by Gasteiger charge is -2.22. The van der Waals surface area contributed by atoms with Gasteiger partial charge in [0.25, 0.3) is 0 Å². The summed E-state index contributed by atoms with van der Waals surface area (Å²) in [5.74, 6) is 0. The Labute approximate surface area is 158 Å². The van der Waals surface area contributed by atoms with Crippen molar-refractivity contribution in [3.63, 3.8) is 0 Å². The van der Waals surface area contributed by atoms with Gasteiger partial charge in [0.2, 0.25) is 0 Å². The third-order valence-electron chi connectivity index (χ3n) is 4.45. The first-order valence-electron chi connectivity index (χ1n) is 8.50. The molecule has 0 bridgehead atoms. The largest absolute Gasteiger partial charge is 0.358 e. The van der Waals surface area contributed by atoms with E-state index in [0.717, 1.165) is 28.1 Å². The normalized spacial score (nSPS) is 11.6. The highest BCUT2D eigenvalue weighted by molar-refractivity contribution is 6.31. The van der Waals surface area contributed by atoms with Crippen LogP contribution >= 0.6 is 11.6 Å². The van der Waals surface area contributed by atoms with Crippen molar-refractivity contribution in [2.75, 3.05) is 0 Å². The molecule has 0 unspecified atom stereocenters. The molecule has 26 heavy (non-hydrogen) atoms. The van der Waals surface area contributed by atoms with Crippen molar-refractivity contribution in [2.24, 2.45) is 0 Å². The highest BCUT2D eigenvalue weighted by Gasteiger charge is 2.20. The van der Waals surface area contributed by atoms with E-state index >= 15 is 0 Å². The van der Waals surface area contributed by atoms with Crippen LogP contribution in [0.2, 0.25) is 5.02 Å². The quantitative estimate of drug-likeness (QED) is 0.688. The van der Waals surface area contributed by atoms with Gasteiger partial charge >= 0.3 is 0 Å². The molecule has 0 spiro atoms. The average Bonchev–Trinajstić information content (AvgIpc) is 2.56. The molecule has 4 nitrogen and oxygen atoms in total. The number of aryl methyl sites for hydroxylation is 2. The fraction of sp³-hybridized carbons (Fsp3) is 0.286. The van der Waals surface area contributed by atoms with E-state index in [4.69, 9.17) is 11.6 Å². The maximum absolute atomic E-state index is 12.7. The van der Waals surface area contributed by atoms with E-state index < -0.39 is 0 Å². The highest BCUT2D eigenvalue weighted by Crippen LogP contribution is 2.35. The van der Waals surface area contributed by atoms with Crippen molar-refractivity contribution in [1.82, 2.24) is 15.0 Å². The third-order valence-corrected chi connectivity index (χ3v) is 4.76. The molecule has 1 aromatic carbocycles. The summed E-state index contributed by atoms with van der Waals surface area (Å²) < 4.78 is 0. The van der Waals surface area contributed by atoms with Gasteiger partial charge in [0.15, 0.2) is 5.43 Å². The van der Waals surface area contributed by atoms with Crippen molar-refractivity contribution in [3.05, 3.63) is 68.9 Å². The number of pyridine rings is 1. The van der Waals surface area contributed by atoms with E-state index in [1.165, 1.54) is 0 Å². The molecular formula is C21H22ClN3O. The number of nitrogens with one attached hydrogen (secondary N) is 1. The minimum absolute atomic E-state index is 0.0421. The molecule has 2 heterocycles. The minimum Gasteiger partial charge on any atom is -0.358 e. The second kappa shape index (κ2) is 6.69. The van der Waals surface area contributed by atoms with Gasteiger partial charge in [-0.25, -0.2) is 0 Å². The zero-order valence-corrected chi connectivity index (χ0v) is 16.4. The number of benzene rings is 1. The zero-order chi connectivity index (χ0) is 19.1. The smallest absolute Gasteiger partial charge is 0.191 e. The van der Waals surface area contributed by atoms with Crippen LogP contribution in [0.25, 0.3) is 22.5 Å². The van der Waals surface area contributed by atoms with Gasteiger partial charge in [-0.2, -0.15) is 0 Å². The molecule has 0 saturated heterocycles. The number of aromatic amines is 1. The van der Waals surface area contributed by atoms with Gasteiger partial charge < -0.3 is 4.98 Å². The zero-order valence-electron chi connectivity index (χ0n) is 15.6. The summed E-state index contributed by atoms with van der Waals surface area (Å²) >= 11 is 6.53. The van der Waals surface area contributed by atoms with Crippen molar-refractivity contribution >= 4 is 11.6 Å². The summed E-state index contributed by atoms with van der Waals surface area (Å²) in [5, 5.41) is 0.703. The van der Waals surface area contributed by atoms with Gasteiger partial charge in [0.1, 0.15) is 0 Å². The maximum Gasteiger partial charge on any atom is 0.191 e. The molecule has 1 N–H and O–H groups in total. The molecule has 134 valence electrons. The molecule has 0 saturated carbocycles. The van der Waals surface area contributed by atoms with Crippen LogP contribution in [-0.4, -0.2) is 15.0 Å². The monoisotopic (exact) mass is 367 g/mol. The van der Waals surface area contributed by atoms with E-state index in [1.807, 2.05) is 19.9 Å². The standard InChI is InChI=1S/C21H22ClN3O/c1-12-8-15(21(3,4)5)16(22)9-14(12)17-10-19(26)20(13(2)25-17)18-11-23-6-7-24-18/h6-11H,1-5H3,(H,25,26). The topological polar surface area (TPSA) is 58.6 Å². The Morgan fingerprint density at radius 3 is 2.38 bits per heavy atom. The number of nitrogens with zero attached hydrogens (tertiary/aromatic N) is 2. The van der Waals surface area contributed by atoms with Gasteiger partial charge in [-0.15, -0.1) is 0 Å². The van der Waals surface area contributed by atoms with Crippen LogP contribution in [-0.2, 0) is 5.41 Å². The molecule has 0 amide bonds. The number of rotatable bonds is 2.